The summed E-state index contributed by atoms with van der Waals surface area (Å²) < 4.78 is 12.5. The summed E-state index contributed by atoms with van der Waals surface area (Å²) in [6.07, 6.45) is 6.69. The number of carbonyl (C=O) groups is 6. The molecule has 4 aliphatic rings. The molecule has 16 heteroatoms. The average Bonchev–Trinajstić information content (AvgIpc) is 3.80. The predicted molar refractivity (Wildman–Crippen MR) is 191 cm³/mol. The molecule has 3 heterocycles. The van der Waals surface area contributed by atoms with E-state index in [4.69, 9.17) is 9.47 Å². The van der Waals surface area contributed by atoms with Crippen LogP contribution in [0.3, 0.4) is 0 Å². The Labute approximate surface area is 308 Å². The minimum atomic E-state index is -0.996. The van der Waals surface area contributed by atoms with Crippen molar-refractivity contribution in [1.82, 2.24) is 40.4 Å². The molecule has 1 aromatic heterocycles. The second-order valence-electron chi connectivity index (χ2n) is 14.0. The number of nitrogens with one attached hydrogen (secondary N) is 3. The number of rotatable bonds is 14. The molecule has 53 heavy (non-hydrogen) atoms. The highest BCUT2D eigenvalue weighted by Crippen LogP contribution is 2.26. The van der Waals surface area contributed by atoms with Gasteiger partial charge in [0.1, 0.15) is 12.1 Å². The number of benzene rings is 1. The zero-order valence-corrected chi connectivity index (χ0v) is 30.3. The molecule has 1 aromatic carbocycles. The van der Waals surface area contributed by atoms with Crippen LogP contribution in [0.1, 0.15) is 75.2 Å². The van der Waals surface area contributed by atoms with Gasteiger partial charge in [-0.1, -0.05) is 24.6 Å². The van der Waals surface area contributed by atoms with Crippen LogP contribution in [0.15, 0.2) is 36.4 Å². The predicted octanol–water partition coefficient (Wildman–Crippen LogP) is 1.62. The van der Waals surface area contributed by atoms with Gasteiger partial charge >= 0.3 is 6.09 Å². The topological polar surface area (TPSA) is 185 Å². The molecule has 2 saturated carbocycles. The van der Waals surface area contributed by atoms with Crippen LogP contribution in [0.4, 0.5) is 4.79 Å². The standard InChI is InChI=1S/C37H50N8O8/c1-2-52-37(51)43-21-19-42(20-22-43)36(50)28(16-17-38-33(47)25-9-6-10-25)40-34(48)29-23-32(45(41-29)27-13-4-3-5-14-27)53-24-31(46)44-18-8-15-30(44)35(49)39-26-11-7-12-26/h3-5,13-14,23,25-26,28,30H,2,6-12,15-22,24H2,1H3,(H,38,47)(H,39,49)(H,40,48)/t28-,30-/m0/s1. The first-order chi connectivity index (χ1) is 25.7. The molecule has 0 radical (unpaired) electrons. The van der Waals surface area contributed by atoms with Gasteiger partial charge in [-0.15, -0.1) is 0 Å². The van der Waals surface area contributed by atoms with Crippen LogP contribution in [0.5, 0.6) is 5.88 Å². The van der Waals surface area contributed by atoms with E-state index in [1.807, 2.05) is 6.07 Å². The number of piperazine rings is 1. The maximum absolute atomic E-state index is 13.8. The molecule has 2 atom stereocenters. The number of nitrogens with zero attached hydrogens (tertiary/aromatic N) is 5. The number of hydrogen-bond donors (Lipinski definition) is 3. The van der Waals surface area contributed by atoms with Gasteiger partial charge in [0.2, 0.25) is 23.6 Å². The zero-order valence-electron chi connectivity index (χ0n) is 30.3. The molecule has 2 saturated heterocycles. The van der Waals surface area contributed by atoms with Gasteiger partial charge in [0.05, 0.1) is 12.3 Å². The van der Waals surface area contributed by atoms with Crippen molar-refractivity contribution in [2.45, 2.75) is 82.8 Å². The highest BCUT2D eigenvalue weighted by Gasteiger charge is 2.36. The first-order valence-corrected chi connectivity index (χ1v) is 18.9. The van der Waals surface area contributed by atoms with E-state index >= 15 is 0 Å². The average molecular weight is 735 g/mol. The summed E-state index contributed by atoms with van der Waals surface area (Å²) in [5.41, 5.74) is 0.539. The van der Waals surface area contributed by atoms with Crippen LogP contribution in [0.2, 0.25) is 0 Å². The van der Waals surface area contributed by atoms with Crippen LogP contribution in [-0.2, 0) is 23.9 Å². The fourth-order valence-corrected chi connectivity index (χ4v) is 6.93. The van der Waals surface area contributed by atoms with Crippen LogP contribution < -0.4 is 20.7 Å². The Kier molecular flexibility index (Phi) is 12.5. The Bertz CT molecular complexity index is 1630. The van der Waals surface area contributed by atoms with E-state index in [-0.39, 0.29) is 99.5 Å². The van der Waals surface area contributed by atoms with Gasteiger partial charge in [0, 0.05) is 57.3 Å². The highest BCUT2D eigenvalue weighted by molar-refractivity contribution is 5.96. The molecule has 2 aromatic rings. The largest absolute Gasteiger partial charge is 0.467 e. The molecule has 16 nitrogen and oxygen atoms in total. The molecule has 4 fully saturated rings. The Balaban J connectivity index is 1.14. The van der Waals surface area contributed by atoms with E-state index < -0.39 is 24.1 Å². The van der Waals surface area contributed by atoms with E-state index in [1.165, 1.54) is 15.6 Å². The summed E-state index contributed by atoms with van der Waals surface area (Å²) in [4.78, 5) is 83.4. The molecule has 6 amide bonds. The molecule has 2 aliphatic heterocycles. The van der Waals surface area contributed by atoms with Crippen LogP contribution in [0, 0.1) is 5.92 Å². The summed E-state index contributed by atoms with van der Waals surface area (Å²) in [7, 11) is 0. The third-order valence-corrected chi connectivity index (χ3v) is 10.5. The molecule has 0 bridgehead atoms. The van der Waals surface area contributed by atoms with Gasteiger partial charge in [-0.25, -0.2) is 9.48 Å². The van der Waals surface area contributed by atoms with Crippen molar-refractivity contribution in [3.63, 3.8) is 0 Å². The summed E-state index contributed by atoms with van der Waals surface area (Å²) in [6, 6.07) is 9.03. The van der Waals surface area contributed by atoms with Crippen LogP contribution in [0.25, 0.3) is 5.69 Å². The maximum Gasteiger partial charge on any atom is 0.409 e. The van der Waals surface area contributed by atoms with Crippen LogP contribution >= 0.6 is 0 Å². The summed E-state index contributed by atoms with van der Waals surface area (Å²) in [5.74, 6) is -1.42. The molecule has 2 aliphatic carbocycles. The van der Waals surface area contributed by atoms with Crippen molar-refractivity contribution < 1.29 is 38.2 Å². The lowest BCUT2D eigenvalue weighted by Gasteiger charge is -2.36. The van der Waals surface area contributed by atoms with E-state index in [9.17, 15) is 28.8 Å². The Morgan fingerprint density at radius 1 is 0.868 bits per heavy atom. The van der Waals surface area contributed by atoms with Gasteiger partial charge in [-0.05, 0) is 70.4 Å². The number of aromatic nitrogens is 2. The summed E-state index contributed by atoms with van der Waals surface area (Å²) in [6.45, 7) is 3.33. The third-order valence-electron chi connectivity index (χ3n) is 10.5. The monoisotopic (exact) mass is 734 g/mol. The first-order valence-electron chi connectivity index (χ1n) is 18.9. The molecule has 0 spiro atoms. The van der Waals surface area contributed by atoms with Crippen molar-refractivity contribution >= 4 is 35.6 Å². The number of para-hydroxylation sites is 1. The van der Waals surface area contributed by atoms with E-state index in [0.29, 0.717) is 25.1 Å². The molecule has 6 rings (SSSR count). The van der Waals surface area contributed by atoms with E-state index in [0.717, 1.165) is 38.5 Å². The van der Waals surface area contributed by atoms with Crippen molar-refractivity contribution in [2.24, 2.45) is 5.92 Å². The van der Waals surface area contributed by atoms with Crippen LogP contribution in [-0.4, -0.2) is 131 Å². The smallest absolute Gasteiger partial charge is 0.409 e. The summed E-state index contributed by atoms with van der Waals surface area (Å²) in [5, 5.41) is 13.3. The SMILES string of the molecule is CCOC(=O)N1CCN(C(=O)[C@H](CCNC(=O)C2CCC2)NC(=O)c2cc(OCC(=O)N3CCC[C@H]3C(=O)NC3CCC3)n(-c3ccccc3)n2)CC1. The lowest BCUT2D eigenvalue weighted by molar-refractivity contribution is -0.140. The Morgan fingerprint density at radius 2 is 1.58 bits per heavy atom. The van der Waals surface area contributed by atoms with Crippen molar-refractivity contribution in [1.29, 1.82) is 0 Å². The van der Waals surface area contributed by atoms with Gasteiger partial charge in [-0.2, -0.15) is 5.10 Å². The minimum absolute atomic E-state index is 0.0252. The number of carbonyl (C=O) groups excluding carboxylic acids is 6. The molecule has 3 N–H and O–H groups in total. The lowest BCUT2D eigenvalue weighted by atomic mass is 9.85. The Morgan fingerprint density at radius 3 is 2.25 bits per heavy atom. The van der Waals surface area contributed by atoms with Gasteiger partial charge in [-0.3, -0.25) is 24.0 Å². The zero-order chi connectivity index (χ0) is 37.3. The first kappa shape index (κ1) is 37.6. The minimum Gasteiger partial charge on any atom is -0.467 e. The van der Waals surface area contributed by atoms with Gasteiger partial charge < -0.3 is 40.1 Å². The number of hydrogen-bond acceptors (Lipinski definition) is 9. The number of likely N-dealkylation sites (tertiary alicyclic amines) is 1. The lowest BCUT2D eigenvalue weighted by Crippen LogP contribution is -2.56. The second kappa shape index (κ2) is 17.6. The number of amides is 6. The maximum atomic E-state index is 13.8. The van der Waals surface area contributed by atoms with Gasteiger partial charge in [0.25, 0.3) is 11.8 Å². The second-order valence-corrected chi connectivity index (χ2v) is 14.0. The molecule has 0 unspecified atom stereocenters. The normalized spacial score (nSPS) is 19.4. The van der Waals surface area contributed by atoms with Gasteiger partial charge in [0.15, 0.2) is 12.3 Å². The molecular formula is C37H50N8O8. The molecular weight excluding hydrogens is 684 g/mol. The quantitative estimate of drug-likeness (QED) is 0.260. The molecule has 286 valence electrons. The van der Waals surface area contributed by atoms with Crippen molar-refractivity contribution in [2.75, 3.05) is 52.5 Å². The summed E-state index contributed by atoms with van der Waals surface area (Å²) >= 11 is 0. The highest BCUT2D eigenvalue weighted by atomic mass is 16.6. The van der Waals surface area contributed by atoms with Crippen molar-refractivity contribution in [3.05, 3.63) is 42.1 Å². The number of ether oxygens (including phenoxy) is 2. The fraction of sp³-hybridized carbons (Fsp3) is 0.595. The third kappa shape index (κ3) is 9.27. The van der Waals surface area contributed by atoms with E-state index in [2.05, 4.69) is 21.0 Å². The van der Waals surface area contributed by atoms with Crippen molar-refractivity contribution in [3.8, 4) is 11.6 Å². The fourth-order valence-electron chi connectivity index (χ4n) is 6.93. The Hall–Kier alpha value is -5.15. The van der Waals surface area contributed by atoms with E-state index in [1.54, 1.807) is 41.0 Å².